The summed E-state index contributed by atoms with van der Waals surface area (Å²) < 4.78 is 17.3. The molecule has 1 atom stereocenters. The van der Waals surface area contributed by atoms with E-state index in [9.17, 15) is 0 Å². The van der Waals surface area contributed by atoms with Gasteiger partial charge in [-0.15, -0.1) is 0 Å². The number of pyridine rings is 1. The van der Waals surface area contributed by atoms with E-state index in [0.717, 1.165) is 48.7 Å². The Kier molecular flexibility index (Phi) is 4.15. The quantitative estimate of drug-likeness (QED) is 0.923. The van der Waals surface area contributed by atoms with Crippen LogP contribution in [-0.2, 0) is 22.6 Å². The highest BCUT2D eigenvalue weighted by Gasteiger charge is 2.30. The zero-order valence-electron chi connectivity index (χ0n) is 13.1. The highest BCUT2D eigenvalue weighted by molar-refractivity contribution is 5.42. The van der Waals surface area contributed by atoms with Gasteiger partial charge in [0.25, 0.3) is 0 Å². The van der Waals surface area contributed by atoms with E-state index in [1.807, 2.05) is 27.0 Å². The molecule has 1 aromatic rings. The Hall–Kier alpha value is -1.17. The van der Waals surface area contributed by atoms with Crippen molar-refractivity contribution in [3.05, 3.63) is 23.0 Å². The zero-order chi connectivity index (χ0) is 14.9. The molecule has 116 valence electrons. The molecule has 1 N–H and O–H groups in total. The molecule has 1 aromatic heterocycles. The van der Waals surface area contributed by atoms with Crippen molar-refractivity contribution in [2.45, 2.75) is 58.7 Å². The van der Waals surface area contributed by atoms with Gasteiger partial charge in [-0.05, 0) is 25.3 Å². The Morgan fingerprint density at radius 2 is 2.29 bits per heavy atom. The molecule has 0 spiro atoms. The van der Waals surface area contributed by atoms with Crippen molar-refractivity contribution in [3.8, 4) is 5.75 Å². The van der Waals surface area contributed by atoms with Crippen molar-refractivity contribution in [1.29, 1.82) is 0 Å². The van der Waals surface area contributed by atoms with E-state index in [2.05, 4.69) is 10.3 Å². The number of hydrogen-bond donors (Lipinski definition) is 1. The average Bonchev–Trinajstić information content (AvgIpc) is 2.94. The first-order valence-corrected chi connectivity index (χ1v) is 7.68. The predicted molar refractivity (Wildman–Crippen MR) is 79.2 cm³/mol. The molecule has 2 aliphatic heterocycles. The van der Waals surface area contributed by atoms with E-state index in [1.54, 1.807) is 0 Å². The van der Waals surface area contributed by atoms with E-state index in [0.29, 0.717) is 12.7 Å². The van der Waals surface area contributed by atoms with Gasteiger partial charge in [0, 0.05) is 45.3 Å². The van der Waals surface area contributed by atoms with Crippen molar-refractivity contribution >= 4 is 0 Å². The summed E-state index contributed by atoms with van der Waals surface area (Å²) in [6.45, 7) is 8.95. The van der Waals surface area contributed by atoms with E-state index < -0.39 is 5.79 Å². The molecule has 1 fully saturated rings. The molecule has 0 radical (unpaired) electrons. The molecular formula is C16H24N2O3. The third kappa shape index (κ3) is 3.36. The molecular weight excluding hydrogens is 268 g/mol. The van der Waals surface area contributed by atoms with Gasteiger partial charge in [-0.1, -0.05) is 0 Å². The lowest BCUT2D eigenvalue weighted by Gasteiger charge is -2.34. The van der Waals surface area contributed by atoms with Gasteiger partial charge in [-0.25, -0.2) is 0 Å². The maximum absolute atomic E-state index is 5.93. The monoisotopic (exact) mass is 292 g/mol. The third-order valence-electron chi connectivity index (χ3n) is 4.03. The maximum atomic E-state index is 5.93. The van der Waals surface area contributed by atoms with Crippen LogP contribution in [0.4, 0.5) is 0 Å². The molecule has 3 heterocycles. The lowest BCUT2D eigenvalue weighted by Crippen LogP contribution is -2.36. The fourth-order valence-corrected chi connectivity index (χ4v) is 2.82. The number of rotatable bonds is 4. The summed E-state index contributed by atoms with van der Waals surface area (Å²) in [4.78, 5) is 4.46. The van der Waals surface area contributed by atoms with Crippen LogP contribution in [-0.4, -0.2) is 30.0 Å². The smallest absolute Gasteiger partial charge is 0.205 e. The van der Waals surface area contributed by atoms with Crippen LogP contribution in [0.15, 0.2) is 6.20 Å². The second kappa shape index (κ2) is 5.91. The molecule has 3 rings (SSSR count). The maximum Gasteiger partial charge on any atom is 0.205 e. The molecule has 21 heavy (non-hydrogen) atoms. The zero-order valence-corrected chi connectivity index (χ0v) is 13.1. The number of ether oxygens (including phenoxy) is 3. The fraction of sp³-hybridized carbons (Fsp3) is 0.688. The third-order valence-corrected chi connectivity index (χ3v) is 4.03. The van der Waals surface area contributed by atoms with Crippen molar-refractivity contribution in [2.75, 3.05) is 13.2 Å². The van der Waals surface area contributed by atoms with Crippen LogP contribution < -0.4 is 10.1 Å². The molecule has 0 saturated carbocycles. The standard InChI is InChI=1S/C16H24N2O3/c1-11-15-14(10-20-16(2,3)21-15)12(8-18-11)7-17-9-13-5-4-6-19-13/h8,13,17H,4-7,9-10H2,1-3H3/t13-/m1/s1. The Labute approximate surface area is 126 Å². The highest BCUT2D eigenvalue weighted by Crippen LogP contribution is 2.35. The number of fused-ring (bicyclic) bond motifs is 1. The Balaban J connectivity index is 1.68. The van der Waals surface area contributed by atoms with Crippen LogP contribution >= 0.6 is 0 Å². The van der Waals surface area contributed by atoms with Gasteiger partial charge in [0.1, 0.15) is 5.75 Å². The van der Waals surface area contributed by atoms with Crippen LogP contribution in [0.3, 0.4) is 0 Å². The van der Waals surface area contributed by atoms with Crippen molar-refractivity contribution in [1.82, 2.24) is 10.3 Å². The summed E-state index contributed by atoms with van der Waals surface area (Å²) in [6.07, 6.45) is 4.59. The molecule has 5 heteroatoms. The number of nitrogens with zero attached hydrogens (tertiary/aromatic N) is 1. The predicted octanol–water partition coefficient (Wildman–Crippen LogP) is 2.30. The van der Waals surface area contributed by atoms with Crippen LogP contribution in [0.25, 0.3) is 0 Å². The number of aryl methyl sites for hydroxylation is 1. The Morgan fingerprint density at radius 1 is 1.43 bits per heavy atom. The van der Waals surface area contributed by atoms with E-state index in [4.69, 9.17) is 14.2 Å². The van der Waals surface area contributed by atoms with Gasteiger partial charge in [0.2, 0.25) is 5.79 Å². The Morgan fingerprint density at radius 3 is 3.05 bits per heavy atom. The minimum absolute atomic E-state index is 0.352. The van der Waals surface area contributed by atoms with Crippen molar-refractivity contribution < 1.29 is 14.2 Å². The molecule has 0 aliphatic carbocycles. The molecule has 2 aliphatic rings. The average molecular weight is 292 g/mol. The van der Waals surface area contributed by atoms with Crippen LogP contribution in [0.1, 0.15) is 43.5 Å². The first kappa shape index (κ1) is 14.8. The van der Waals surface area contributed by atoms with E-state index in [1.165, 1.54) is 6.42 Å². The van der Waals surface area contributed by atoms with Crippen molar-refractivity contribution in [2.24, 2.45) is 0 Å². The van der Waals surface area contributed by atoms with Gasteiger partial charge in [-0.3, -0.25) is 4.98 Å². The highest BCUT2D eigenvalue weighted by atomic mass is 16.7. The molecule has 0 aromatic carbocycles. The molecule has 0 bridgehead atoms. The SMILES string of the molecule is Cc1ncc(CNC[C@H]2CCCO2)c2c1OC(C)(C)OC2. The van der Waals surface area contributed by atoms with Crippen molar-refractivity contribution in [3.63, 3.8) is 0 Å². The lowest BCUT2D eigenvalue weighted by molar-refractivity contribution is -0.180. The Bertz CT molecular complexity index is 510. The summed E-state index contributed by atoms with van der Waals surface area (Å²) in [5, 5.41) is 3.46. The minimum Gasteiger partial charge on any atom is -0.461 e. The lowest BCUT2D eigenvalue weighted by atomic mass is 10.1. The topological polar surface area (TPSA) is 52.6 Å². The first-order chi connectivity index (χ1) is 10.1. The normalized spacial score (nSPS) is 23.7. The second-order valence-corrected chi connectivity index (χ2v) is 6.23. The summed E-state index contributed by atoms with van der Waals surface area (Å²) in [5.74, 6) is 0.297. The summed E-state index contributed by atoms with van der Waals surface area (Å²) in [7, 11) is 0. The summed E-state index contributed by atoms with van der Waals surface area (Å²) in [5.41, 5.74) is 3.18. The number of aromatic nitrogens is 1. The fourth-order valence-electron chi connectivity index (χ4n) is 2.82. The summed E-state index contributed by atoms with van der Waals surface area (Å²) in [6, 6.07) is 0. The van der Waals surface area contributed by atoms with Gasteiger partial charge < -0.3 is 19.5 Å². The largest absolute Gasteiger partial charge is 0.461 e. The number of hydrogen-bond acceptors (Lipinski definition) is 5. The van der Waals surface area contributed by atoms with Crippen LogP contribution in [0.5, 0.6) is 5.75 Å². The summed E-state index contributed by atoms with van der Waals surface area (Å²) >= 11 is 0. The van der Waals surface area contributed by atoms with E-state index in [-0.39, 0.29) is 0 Å². The first-order valence-electron chi connectivity index (χ1n) is 7.68. The van der Waals surface area contributed by atoms with Gasteiger partial charge in [0.05, 0.1) is 18.4 Å². The minimum atomic E-state index is -0.580. The molecule has 0 unspecified atom stereocenters. The van der Waals surface area contributed by atoms with Gasteiger partial charge >= 0.3 is 0 Å². The molecule has 1 saturated heterocycles. The van der Waals surface area contributed by atoms with Crippen LogP contribution in [0.2, 0.25) is 0 Å². The molecule has 0 amide bonds. The van der Waals surface area contributed by atoms with Crippen LogP contribution in [0, 0.1) is 6.92 Å². The molecule has 5 nitrogen and oxygen atoms in total. The number of nitrogens with one attached hydrogen (secondary N) is 1. The van der Waals surface area contributed by atoms with Gasteiger partial charge in [0.15, 0.2) is 0 Å². The van der Waals surface area contributed by atoms with E-state index >= 15 is 0 Å². The van der Waals surface area contributed by atoms with Gasteiger partial charge in [-0.2, -0.15) is 0 Å². The second-order valence-electron chi connectivity index (χ2n) is 6.23.